The highest BCUT2D eigenvalue weighted by Gasteiger charge is 2.31. The molecule has 0 spiro atoms. The summed E-state index contributed by atoms with van der Waals surface area (Å²) in [5.74, 6) is 0.335. The predicted octanol–water partition coefficient (Wildman–Crippen LogP) is 3.94. The fourth-order valence-corrected chi connectivity index (χ4v) is 4.49. The number of Topliss-reactive ketones (excluding diaryl/α,β-unsaturated/α-hetero) is 1. The summed E-state index contributed by atoms with van der Waals surface area (Å²) in [5.41, 5.74) is 3.32. The largest absolute Gasteiger partial charge is 0.490 e. The van der Waals surface area contributed by atoms with Crippen LogP contribution >= 0.6 is 0 Å². The minimum atomic E-state index is -0.598. The quantitative estimate of drug-likeness (QED) is 0.414. The first-order valence-electron chi connectivity index (χ1n) is 13.0. The maximum Gasteiger partial charge on any atom is 0.412 e. The Hall–Kier alpha value is -4.08. The van der Waals surface area contributed by atoms with Crippen molar-refractivity contribution in [2.45, 2.75) is 46.6 Å². The van der Waals surface area contributed by atoms with Gasteiger partial charge in [0, 0.05) is 56.6 Å². The molecule has 0 saturated carbocycles. The number of ether oxygens (including phenoxy) is 2. The maximum absolute atomic E-state index is 13.6. The zero-order valence-corrected chi connectivity index (χ0v) is 24.1. The van der Waals surface area contributed by atoms with E-state index >= 15 is 0 Å². The molecule has 3 rings (SSSR count). The number of rotatable bonds is 9. The van der Waals surface area contributed by atoms with Crippen LogP contribution in [0.2, 0.25) is 0 Å². The molecule has 0 saturated heterocycles. The van der Waals surface area contributed by atoms with Gasteiger partial charge in [-0.3, -0.25) is 15.0 Å². The molecule has 2 aromatic carbocycles. The number of anilines is 1. The molecule has 0 atom stereocenters. The molecule has 39 heavy (non-hydrogen) atoms. The molecule has 1 heterocycles. The van der Waals surface area contributed by atoms with Gasteiger partial charge in [0.1, 0.15) is 5.84 Å². The minimum absolute atomic E-state index is 0.0359. The van der Waals surface area contributed by atoms with E-state index < -0.39 is 11.5 Å². The lowest BCUT2D eigenvalue weighted by Gasteiger charge is -2.25. The van der Waals surface area contributed by atoms with Crippen LogP contribution in [0.25, 0.3) is 0 Å². The van der Waals surface area contributed by atoms with Crippen LogP contribution in [0.4, 0.5) is 10.5 Å². The van der Waals surface area contributed by atoms with E-state index in [1.54, 1.807) is 37.1 Å². The van der Waals surface area contributed by atoms with Crippen molar-refractivity contribution in [3.8, 4) is 11.5 Å². The van der Waals surface area contributed by atoms with E-state index in [0.717, 1.165) is 11.3 Å². The fraction of sp³-hybridized carbons (Fsp3) is 0.448. The maximum atomic E-state index is 13.6. The van der Waals surface area contributed by atoms with E-state index in [1.807, 2.05) is 52.8 Å². The van der Waals surface area contributed by atoms with Gasteiger partial charge in [0.05, 0.1) is 18.7 Å². The summed E-state index contributed by atoms with van der Waals surface area (Å²) in [5, 5.41) is 14.0. The molecule has 10 nitrogen and oxygen atoms in total. The van der Waals surface area contributed by atoms with E-state index in [-0.39, 0.29) is 29.8 Å². The van der Waals surface area contributed by atoms with E-state index in [1.165, 1.54) is 0 Å². The van der Waals surface area contributed by atoms with Crippen molar-refractivity contribution >= 4 is 29.3 Å². The molecule has 0 aromatic heterocycles. The molecule has 0 bridgehead atoms. The standard InChI is InChI=1S/C29H39N5O5/c1-9-32-28(37)39-25-21(29(3,4)5)11-17(13-24(25)38-10-2)23(35)16-34-15-18-12-22(33(7)8)20(27(36)31-6)14-19(18)26(34)30/h11-14,30H,9-10,15-16H2,1-8H3,(H,31,36)(H,32,37). The number of carbonyl (C=O) groups excluding carboxylic acids is 3. The van der Waals surface area contributed by atoms with Crippen molar-refractivity contribution in [1.29, 1.82) is 5.41 Å². The molecular weight excluding hydrogens is 498 g/mol. The number of nitrogens with one attached hydrogen (secondary N) is 3. The Balaban J connectivity index is 1.96. The molecule has 210 valence electrons. The molecule has 1 aliphatic rings. The van der Waals surface area contributed by atoms with Gasteiger partial charge in [-0.1, -0.05) is 20.8 Å². The third kappa shape index (κ3) is 6.32. The van der Waals surface area contributed by atoms with Gasteiger partial charge in [0.2, 0.25) is 0 Å². The SMILES string of the molecule is CCNC(=O)Oc1c(OCC)cc(C(=O)CN2Cc3cc(N(C)C)c(C(=O)NC)cc3C2=N)cc1C(C)(C)C. The first kappa shape index (κ1) is 29.5. The van der Waals surface area contributed by atoms with Crippen LogP contribution < -0.4 is 25.0 Å². The van der Waals surface area contributed by atoms with Crippen LogP contribution in [0.1, 0.15) is 72.0 Å². The number of hydrogen-bond donors (Lipinski definition) is 3. The smallest absolute Gasteiger partial charge is 0.412 e. The summed E-state index contributed by atoms with van der Waals surface area (Å²) in [7, 11) is 5.29. The average molecular weight is 538 g/mol. The third-order valence-corrected chi connectivity index (χ3v) is 6.44. The molecule has 0 fully saturated rings. The number of amides is 2. The van der Waals surface area contributed by atoms with Gasteiger partial charge in [0.15, 0.2) is 17.3 Å². The molecule has 0 unspecified atom stereocenters. The highest BCUT2D eigenvalue weighted by atomic mass is 16.6. The fourth-order valence-electron chi connectivity index (χ4n) is 4.49. The Kier molecular flexibility index (Phi) is 8.88. The van der Waals surface area contributed by atoms with Gasteiger partial charge in [-0.2, -0.15) is 0 Å². The summed E-state index contributed by atoms with van der Waals surface area (Å²) in [4.78, 5) is 41.9. The minimum Gasteiger partial charge on any atom is -0.490 e. The Morgan fingerprint density at radius 3 is 2.36 bits per heavy atom. The second kappa shape index (κ2) is 11.8. The zero-order valence-electron chi connectivity index (χ0n) is 24.1. The van der Waals surface area contributed by atoms with E-state index in [0.29, 0.717) is 47.7 Å². The third-order valence-electron chi connectivity index (χ3n) is 6.44. The Labute approximate surface area is 230 Å². The van der Waals surface area contributed by atoms with Gasteiger partial charge < -0.3 is 29.9 Å². The first-order valence-corrected chi connectivity index (χ1v) is 13.0. The summed E-state index contributed by atoms with van der Waals surface area (Å²) >= 11 is 0. The second-order valence-corrected chi connectivity index (χ2v) is 10.6. The van der Waals surface area contributed by atoms with E-state index in [4.69, 9.17) is 14.9 Å². The highest BCUT2D eigenvalue weighted by molar-refractivity contribution is 6.08. The van der Waals surface area contributed by atoms with E-state index in [9.17, 15) is 14.4 Å². The van der Waals surface area contributed by atoms with Crippen LogP contribution in [-0.4, -0.2) is 69.4 Å². The number of fused-ring (bicyclic) bond motifs is 1. The normalized spacial score (nSPS) is 12.6. The molecule has 1 aliphatic heterocycles. The monoisotopic (exact) mass is 537 g/mol. The van der Waals surface area contributed by atoms with Crippen molar-refractivity contribution in [1.82, 2.24) is 15.5 Å². The summed E-state index contributed by atoms with van der Waals surface area (Å²) in [6.07, 6.45) is -0.598. The lowest BCUT2D eigenvalue weighted by Crippen LogP contribution is -2.31. The number of benzene rings is 2. The molecular formula is C29H39N5O5. The van der Waals surface area contributed by atoms with Crippen molar-refractivity contribution in [3.05, 3.63) is 52.1 Å². The number of nitrogens with zero attached hydrogens (tertiary/aromatic N) is 2. The first-order chi connectivity index (χ1) is 18.3. The van der Waals surface area contributed by atoms with Gasteiger partial charge >= 0.3 is 6.09 Å². The lowest BCUT2D eigenvalue weighted by atomic mass is 9.84. The topological polar surface area (TPSA) is 124 Å². The number of hydrogen-bond acceptors (Lipinski definition) is 7. The van der Waals surface area contributed by atoms with Gasteiger partial charge in [-0.15, -0.1) is 0 Å². The van der Waals surface area contributed by atoms with Crippen molar-refractivity contribution in [2.75, 3.05) is 45.7 Å². The summed E-state index contributed by atoms with van der Waals surface area (Å²) in [6.45, 7) is 10.6. The van der Waals surface area contributed by atoms with Gasteiger partial charge in [0.25, 0.3) is 5.91 Å². The highest BCUT2D eigenvalue weighted by Crippen LogP contribution is 2.40. The Bertz CT molecular complexity index is 1300. The number of ketones is 1. The molecule has 2 amide bonds. The van der Waals surface area contributed by atoms with Crippen LogP contribution in [-0.2, 0) is 12.0 Å². The van der Waals surface area contributed by atoms with Gasteiger partial charge in [-0.25, -0.2) is 4.79 Å². The molecule has 3 N–H and O–H groups in total. The number of carbonyl (C=O) groups is 3. The number of amidine groups is 1. The Morgan fingerprint density at radius 1 is 1.10 bits per heavy atom. The van der Waals surface area contributed by atoms with E-state index in [2.05, 4.69) is 10.6 Å². The molecule has 10 heteroatoms. The van der Waals surface area contributed by atoms with Crippen LogP contribution in [0, 0.1) is 5.41 Å². The van der Waals surface area contributed by atoms with Crippen LogP contribution in [0.3, 0.4) is 0 Å². The van der Waals surface area contributed by atoms with Crippen molar-refractivity contribution in [2.24, 2.45) is 0 Å². The lowest BCUT2D eigenvalue weighted by molar-refractivity contribution is 0.0955. The molecule has 2 aromatic rings. The Morgan fingerprint density at radius 2 is 1.79 bits per heavy atom. The van der Waals surface area contributed by atoms with Crippen LogP contribution in [0.15, 0.2) is 24.3 Å². The van der Waals surface area contributed by atoms with Crippen molar-refractivity contribution in [3.63, 3.8) is 0 Å². The summed E-state index contributed by atoms with van der Waals surface area (Å²) < 4.78 is 11.4. The zero-order chi connectivity index (χ0) is 29.1. The second-order valence-electron chi connectivity index (χ2n) is 10.6. The molecule has 0 aliphatic carbocycles. The summed E-state index contributed by atoms with van der Waals surface area (Å²) in [6, 6.07) is 6.95. The van der Waals surface area contributed by atoms with Crippen molar-refractivity contribution < 1.29 is 23.9 Å². The van der Waals surface area contributed by atoms with Crippen LogP contribution in [0.5, 0.6) is 11.5 Å². The predicted molar refractivity (Wildman–Crippen MR) is 152 cm³/mol. The van der Waals surface area contributed by atoms with Gasteiger partial charge in [-0.05, 0) is 49.1 Å². The molecule has 0 radical (unpaired) electrons. The average Bonchev–Trinajstić information content (AvgIpc) is 3.17.